The van der Waals surface area contributed by atoms with Crippen LogP contribution in [0, 0.1) is 0 Å². The molecule has 0 heterocycles. The Labute approximate surface area is 144 Å². The first kappa shape index (κ1) is 17.5. The van der Waals surface area contributed by atoms with Crippen LogP contribution in [0.1, 0.15) is 17.2 Å². The molecule has 24 heavy (non-hydrogen) atoms. The predicted octanol–water partition coefficient (Wildman–Crippen LogP) is 2.54. The predicted molar refractivity (Wildman–Crippen MR) is 86.6 cm³/mol. The Morgan fingerprint density at radius 2 is 1.62 bits per heavy atom. The summed E-state index contributed by atoms with van der Waals surface area (Å²) in [5.74, 6) is 0. The second-order valence-corrected chi connectivity index (χ2v) is 9.88. The quantitative estimate of drug-likeness (QED) is 0.773. The van der Waals surface area contributed by atoms with Gasteiger partial charge in [-0.2, -0.15) is 0 Å². The topological polar surface area (TPSA) is 46.2 Å². The van der Waals surface area contributed by atoms with Gasteiger partial charge in [-0.3, -0.25) is 0 Å². The molecule has 0 unspecified atom stereocenters. The van der Waals surface area contributed by atoms with Crippen molar-refractivity contribution in [3.63, 3.8) is 0 Å². The Morgan fingerprint density at radius 1 is 1.00 bits per heavy atom. The number of hydrogen-bond donors (Lipinski definition) is 1. The van der Waals surface area contributed by atoms with Crippen LogP contribution in [0.5, 0.6) is 0 Å². The van der Waals surface area contributed by atoms with E-state index < -0.39 is 21.6 Å². The van der Waals surface area contributed by atoms with E-state index in [1.165, 1.54) is 0 Å². The molecule has 0 spiro atoms. The molecule has 0 saturated heterocycles. The average Bonchev–Trinajstić information content (AvgIpc) is 2.84. The van der Waals surface area contributed by atoms with E-state index in [9.17, 15) is 21.6 Å². The van der Waals surface area contributed by atoms with Crippen LogP contribution in [0.25, 0.3) is 0 Å². The van der Waals surface area contributed by atoms with Crippen molar-refractivity contribution >= 4 is 29.4 Å². The summed E-state index contributed by atoms with van der Waals surface area (Å²) in [4.78, 5) is -0.200. The van der Waals surface area contributed by atoms with Crippen molar-refractivity contribution in [2.45, 2.75) is 22.8 Å². The van der Waals surface area contributed by atoms with Crippen LogP contribution in [0.3, 0.4) is 0 Å². The summed E-state index contributed by atoms with van der Waals surface area (Å²) < 4.78 is 64.4. The molecule has 1 aliphatic carbocycles. The van der Waals surface area contributed by atoms with E-state index in [1.807, 2.05) is 47.2 Å². The molecule has 3 rings (SSSR count). The first-order chi connectivity index (χ1) is 11.3. The zero-order valence-corrected chi connectivity index (χ0v) is 14.9. The fourth-order valence-corrected chi connectivity index (χ4v) is 6.35. The summed E-state index contributed by atoms with van der Waals surface area (Å²) >= 11 is -0.154. The number of alkyl halides is 3. The minimum atomic E-state index is -5.39. The summed E-state index contributed by atoms with van der Waals surface area (Å²) in [6.45, 7) is 0. The zero-order valence-electron chi connectivity index (χ0n) is 12.3. The van der Waals surface area contributed by atoms with Gasteiger partial charge in [0.15, 0.2) is 0 Å². The van der Waals surface area contributed by atoms with Crippen LogP contribution in [0.4, 0.5) is 13.2 Å². The standard InChI is InChI=1S/C16H14F3NO2SSe/c17-16(18,19)23(21,22)20-15-13-9-5-4-6-11(13)10-14(15)24-12-7-2-1-3-8-12/h1-9,14-15,20H,10H2/t14-,15-/m0/s1. The third-order valence-corrected chi connectivity index (χ3v) is 7.67. The van der Waals surface area contributed by atoms with Crippen LogP contribution in [0.2, 0.25) is 4.82 Å². The normalized spacial score (nSPS) is 20.8. The van der Waals surface area contributed by atoms with Gasteiger partial charge in [0.1, 0.15) is 0 Å². The Kier molecular flexibility index (Phi) is 4.75. The van der Waals surface area contributed by atoms with Crippen LogP contribution in [-0.2, 0) is 16.4 Å². The van der Waals surface area contributed by atoms with E-state index >= 15 is 0 Å². The molecule has 0 amide bonds. The molecule has 0 fully saturated rings. The maximum absolute atomic E-state index is 12.8. The van der Waals surface area contributed by atoms with E-state index in [-0.39, 0.29) is 19.8 Å². The number of nitrogens with one attached hydrogen (secondary N) is 1. The average molecular weight is 420 g/mol. The van der Waals surface area contributed by atoms with Crippen molar-refractivity contribution in [2.24, 2.45) is 0 Å². The molecular formula is C16H14F3NO2SSe. The Bertz CT molecular complexity index is 825. The van der Waals surface area contributed by atoms with Gasteiger partial charge in [-0.1, -0.05) is 0 Å². The third-order valence-electron chi connectivity index (χ3n) is 3.80. The molecule has 8 heteroatoms. The van der Waals surface area contributed by atoms with Crippen LogP contribution in [-0.4, -0.2) is 28.9 Å². The molecule has 3 nitrogen and oxygen atoms in total. The Morgan fingerprint density at radius 3 is 2.29 bits per heavy atom. The first-order valence-corrected chi connectivity index (χ1v) is 10.5. The van der Waals surface area contributed by atoms with Gasteiger partial charge in [-0.25, -0.2) is 0 Å². The molecule has 0 radical (unpaired) electrons. The van der Waals surface area contributed by atoms with E-state index in [0.717, 1.165) is 10.0 Å². The number of fused-ring (bicyclic) bond motifs is 1. The molecule has 2 aromatic rings. The molecule has 1 N–H and O–H groups in total. The number of sulfonamides is 1. The zero-order chi connectivity index (χ0) is 17.4. The molecule has 0 aromatic heterocycles. The van der Waals surface area contributed by atoms with Crippen molar-refractivity contribution in [2.75, 3.05) is 0 Å². The van der Waals surface area contributed by atoms with Crippen LogP contribution < -0.4 is 9.18 Å². The molecule has 2 aromatic carbocycles. The van der Waals surface area contributed by atoms with Gasteiger partial charge in [0.2, 0.25) is 0 Å². The summed E-state index contributed by atoms with van der Waals surface area (Å²) in [5.41, 5.74) is -3.78. The van der Waals surface area contributed by atoms with E-state index in [0.29, 0.717) is 12.0 Å². The SMILES string of the molecule is O=S(=O)(N[C@H]1c2ccccc2C[C@@H]1[Se]c1ccccc1)C(F)(F)F. The third kappa shape index (κ3) is 3.52. The molecule has 0 bridgehead atoms. The van der Waals surface area contributed by atoms with E-state index in [1.54, 1.807) is 12.1 Å². The molecule has 1 aliphatic rings. The second kappa shape index (κ2) is 6.52. The van der Waals surface area contributed by atoms with Gasteiger partial charge in [0, 0.05) is 0 Å². The van der Waals surface area contributed by atoms with Crippen LogP contribution >= 0.6 is 0 Å². The second-order valence-electron chi connectivity index (χ2n) is 5.42. The number of hydrogen-bond acceptors (Lipinski definition) is 2. The fourth-order valence-electron chi connectivity index (χ4n) is 2.72. The van der Waals surface area contributed by atoms with Gasteiger partial charge in [-0.15, -0.1) is 0 Å². The van der Waals surface area contributed by atoms with Gasteiger partial charge < -0.3 is 0 Å². The summed E-state index contributed by atoms with van der Waals surface area (Å²) in [6.07, 6.45) is 0.566. The number of rotatable bonds is 4. The van der Waals surface area contributed by atoms with Gasteiger partial charge in [0.25, 0.3) is 0 Å². The molecule has 2 atom stereocenters. The van der Waals surface area contributed by atoms with Gasteiger partial charge in [0.05, 0.1) is 0 Å². The van der Waals surface area contributed by atoms with E-state index in [2.05, 4.69) is 0 Å². The Balaban J connectivity index is 1.92. The Hall–Kier alpha value is -1.34. The van der Waals surface area contributed by atoms with Crippen molar-refractivity contribution in [3.8, 4) is 0 Å². The summed E-state index contributed by atoms with van der Waals surface area (Å²) in [7, 11) is -5.39. The number of halogens is 3. The minimum absolute atomic E-state index is 0.154. The van der Waals surface area contributed by atoms with Crippen molar-refractivity contribution in [1.29, 1.82) is 0 Å². The maximum atomic E-state index is 12.8. The van der Waals surface area contributed by atoms with Crippen molar-refractivity contribution in [3.05, 3.63) is 65.7 Å². The van der Waals surface area contributed by atoms with Crippen molar-refractivity contribution in [1.82, 2.24) is 4.72 Å². The number of benzene rings is 2. The fraction of sp³-hybridized carbons (Fsp3) is 0.250. The molecule has 128 valence electrons. The molecular weight excluding hydrogens is 406 g/mol. The monoisotopic (exact) mass is 421 g/mol. The molecule has 0 saturated carbocycles. The first-order valence-electron chi connectivity index (χ1n) is 7.16. The van der Waals surface area contributed by atoms with Crippen molar-refractivity contribution < 1.29 is 21.6 Å². The molecule has 0 aliphatic heterocycles. The van der Waals surface area contributed by atoms with Gasteiger partial charge in [-0.05, 0) is 0 Å². The van der Waals surface area contributed by atoms with Crippen LogP contribution in [0.15, 0.2) is 54.6 Å². The summed E-state index contributed by atoms with van der Waals surface area (Å²) in [5, 5.41) is 0. The van der Waals surface area contributed by atoms with E-state index in [4.69, 9.17) is 0 Å². The van der Waals surface area contributed by atoms with Gasteiger partial charge >= 0.3 is 144 Å². The summed E-state index contributed by atoms with van der Waals surface area (Å²) in [6, 6.07) is 15.6.